The van der Waals surface area contributed by atoms with Crippen molar-refractivity contribution in [2.45, 2.75) is 6.42 Å². The number of carbonyl (C=O) groups excluding carboxylic acids is 1. The van der Waals surface area contributed by atoms with E-state index in [1.165, 1.54) is 5.56 Å². The Hall–Kier alpha value is -3.34. The van der Waals surface area contributed by atoms with Crippen LogP contribution in [0.1, 0.15) is 16.1 Å². The van der Waals surface area contributed by atoms with Gasteiger partial charge in [-0.3, -0.25) is 4.79 Å². The molecule has 0 bridgehead atoms. The highest BCUT2D eigenvalue weighted by Crippen LogP contribution is 2.28. The number of fused-ring (bicyclic) bond motifs is 1. The SMILES string of the molecule is COc1ccc(Nc2ccc(C(=O)N3CCc4ccccc43)nc2)cc1. The van der Waals surface area contributed by atoms with Crippen molar-refractivity contribution < 1.29 is 9.53 Å². The molecule has 0 saturated carbocycles. The third-order valence-corrected chi connectivity index (χ3v) is 4.49. The normalized spacial score (nSPS) is 12.6. The fourth-order valence-corrected chi connectivity index (χ4v) is 3.12. The molecule has 0 saturated heterocycles. The molecule has 5 nitrogen and oxygen atoms in total. The van der Waals surface area contributed by atoms with Gasteiger partial charge in [0.1, 0.15) is 11.4 Å². The van der Waals surface area contributed by atoms with Crippen molar-refractivity contribution in [2.75, 3.05) is 23.9 Å². The molecule has 1 aliphatic rings. The summed E-state index contributed by atoms with van der Waals surface area (Å²) in [6.07, 6.45) is 2.57. The van der Waals surface area contributed by atoms with Crippen LogP contribution < -0.4 is 15.0 Å². The topological polar surface area (TPSA) is 54.5 Å². The molecule has 2 aromatic carbocycles. The molecule has 0 radical (unpaired) electrons. The summed E-state index contributed by atoms with van der Waals surface area (Å²) in [6, 6.07) is 19.3. The van der Waals surface area contributed by atoms with Gasteiger partial charge in [-0.2, -0.15) is 0 Å². The molecule has 1 amide bonds. The Morgan fingerprint density at radius 3 is 2.54 bits per heavy atom. The van der Waals surface area contributed by atoms with Crippen molar-refractivity contribution in [3.05, 3.63) is 78.1 Å². The summed E-state index contributed by atoms with van der Waals surface area (Å²) < 4.78 is 5.15. The predicted molar refractivity (Wildman–Crippen MR) is 102 cm³/mol. The van der Waals surface area contributed by atoms with E-state index in [9.17, 15) is 4.79 Å². The number of nitrogens with one attached hydrogen (secondary N) is 1. The number of nitrogens with zero attached hydrogens (tertiary/aromatic N) is 2. The summed E-state index contributed by atoms with van der Waals surface area (Å²) in [4.78, 5) is 18.9. The maximum absolute atomic E-state index is 12.8. The molecule has 130 valence electrons. The maximum Gasteiger partial charge on any atom is 0.276 e. The minimum absolute atomic E-state index is 0.0639. The molecule has 0 atom stereocenters. The number of amides is 1. The quantitative estimate of drug-likeness (QED) is 0.775. The van der Waals surface area contributed by atoms with Crippen LogP contribution in [0.5, 0.6) is 5.75 Å². The lowest BCUT2D eigenvalue weighted by Crippen LogP contribution is -2.29. The second-order valence-corrected chi connectivity index (χ2v) is 6.12. The zero-order valence-corrected chi connectivity index (χ0v) is 14.5. The number of carbonyl (C=O) groups is 1. The monoisotopic (exact) mass is 345 g/mol. The van der Waals surface area contributed by atoms with E-state index in [0.717, 1.165) is 29.2 Å². The van der Waals surface area contributed by atoms with Gasteiger partial charge in [-0.05, 0) is 54.4 Å². The largest absolute Gasteiger partial charge is 0.497 e. The molecular formula is C21H19N3O2. The van der Waals surface area contributed by atoms with Gasteiger partial charge in [-0.25, -0.2) is 4.98 Å². The summed E-state index contributed by atoms with van der Waals surface area (Å²) in [5.41, 5.74) is 4.40. The molecule has 1 aromatic heterocycles. The molecule has 1 N–H and O–H groups in total. The number of anilines is 3. The molecule has 0 spiro atoms. The summed E-state index contributed by atoms with van der Waals surface area (Å²) in [5.74, 6) is 0.742. The molecule has 26 heavy (non-hydrogen) atoms. The Morgan fingerprint density at radius 1 is 1.04 bits per heavy atom. The Bertz CT molecular complexity index is 921. The minimum atomic E-state index is -0.0639. The molecule has 0 unspecified atom stereocenters. The highest BCUT2D eigenvalue weighted by atomic mass is 16.5. The fraction of sp³-hybridized carbons (Fsp3) is 0.143. The zero-order valence-electron chi connectivity index (χ0n) is 14.5. The Balaban J connectivity index is 1.48. The molecule has 5 heteroatoms. The first kappa shape index (κ1) is 16.1. The van der Waals surface area contributed by atoms with Crippen LogP contribution in [0.25, 0.3) is 0 Å². The van der Waals surface area contributed by atoms with E-state index in [4.69, 9.17) is 4.74 Å². The van der Waals surface area contributed by atoms with E-state index in [1.807, 2.05) is 48.5 Å². The van der Waals surface area contributed by atoms with Crippen LogP contribution in [0, 0.1) is 0 Å². The standard InChI is InChI=1S/C21H19N3O2/c1-26-18-9-6-16(7-10-18)23-17-8-11-19(22-14-17)21(25)24-13-12-15-4-2-3-5-20(15)24/h2-11,14,23H,12-13H2,1H3. The van der Waals surface area contributed by atoms with Crippen LogP contribution in [-0.4, -0.2) is 24.5 Å². The summed E-state index contributed by atoms with van der Waals surface area (Å²) in [5, 5.41) is 3.26. The van der Waals surface area contributed by atoms with Crippen molar-refractivity contribution in [1.29, 1.82) is 0 Å². The molecule has 0 aliphatic carbocycles. The van der Waals surface area contributed by atoms with Gasteiger partial charge in [0.05, 0.1) is 19.0 Å². The molecule has 4 rings (SSSR count). The Labute approximate surface area is 152 Å². The van der Waals surface area contributed by atoms with Crippen LogP contribution in [-0.2, 0) is 6.42 Å². The van der Waals surface area contributed by atoms with Gasteiger partial charge in [0.15, 0.2) is 0 Å². The number of aromatic nitrogens is 1. The van der Waals surface area contributed by atoms with Gasteiger partial charge >= 0.3 is 0 Å². The van der Waals surface area contributed by atoms with Gasteiger partial charge in [0.25, 0.3) is 5.91 Å². The highest BCUT2D eigenvalue weighted by Gasteiger charge is 2.25. The average Bonchev–Trinajstić information content (AvgIpc) is 3.13. The number of pyridine rings is 1. The first-order valence-corrected chi connectivity index (χ1v) is 8.51. The van der Waals surface area contributed by atoms with Crippen molar-refractivity contribution in [1.82, 2.24) is 4.98 Å². The number of para-hydroxylation sites is 1. The van der Waals surface area contributed by atoms with Gasteiger partial charge in [-0.15, -0.1) is 0 Å². The van der Waals surface area contributed by atoms with Crippen LogP contribution in [0.2, 0.25) is 0 Å². The molecule has 2 heterocycles. The van der Waals surface area contributed by atoms with Crippen LogP contribution in [0.3, 0.4) is 0 Å². The van der Waals surface area contributed by atoms with E-state index in [1.54, 1.807) is 24.3 Å². The Kier molecular flexibility index (Phi) is 4.27. The third-order valence-electron chi connectivity index (χ3n) is 4.49. The minimum Gasteiger partial charge on any atom is -0.497 e. The molecule has 1 aliphatic heterocycles. The van der Waals surface area contributed by atoms with Gasteiger partial charge in [0.2, 0.25) is 0 Å². The average molecular weight is 345 g/mol. The smallest absolute Gasteiger partial charge is 0.276 e. The van der Waals surface area contributed by atoms with E-state index in [0.29, 0.717) is 12.2 Å². The number of rotatable bonds is 4. The van der Waals surface area contributed by atoms with E-state index >= 15 is 0 Å². The van der Waals surface area contributed by atoms with Crippen molar-refractivity contribution >= 4 is 23.0 Å². The van der Waals surface area contributed by atoms with Crippen molar-refractivity contribution in [3.63, 3.8) is 0 Å². The zero-order chi connectivity index (χ0) is 17.9. The Morgan fingerprint density at radius 2 is 1.81 bits per heavy atom. The predicted octanol–water partition coefficient (Wildman–Crippen LogP) is 4.04. The summed E-state index contributed by atoms with van der Waals surface area (Å²) >= 11 is 0. The van der Waals surface area contributed by atoms with E-state index in [2.05, 4.69) is 16.4 Å². The third kappa shape index (κ3) is 3.11. The molecule has 0 fully saturated rings. The lowest BCUT2D eigenvalue weighted by molar-refractivity contribution is 0.0984. The van der Waals surface area contributed by atoms with Crippen molar-refractivity contribution in [2.24, 2.45) is 0 Å². The number of hydrogen-bond acceptors (Lipinski definition) is 4. The second-order valence-electron chi connectivity index (χ2n) is 6.12. The fourth-order valence-electron chi connectivity index (χ4n) is 3.12. The number of methoxy groups -OCH3 is 1. The van der Waals surface area contributed by atoms with E-state index < -0.39 is 0 Å². The lowest BCUT2D eigenvalue weighted by Gasteiger charge is -2.17. The molecule has 3 aromatic rings. The van der Waals surface area contributed by atoms with Crippen LogP contribution in [0.4, 0.5) is 17.1 Å². The summed E-state index contributed by atoms with van der Waals surface area (Å²) in [7, 11) is 1.64. The first-order valence-electron chi connectivity index (χ1n) is 8.51. The van der Waals surface area contributed by atoms with E-state index in [-0.39, 0.29) is 5.91 Å². The second kappa shape index (κ2) is 6.88. The maximum atomic E-state index is 12.8. The van der Waals surface area contributed by atoms with Gasteiger partial charge in [-0.1, -0.05) is 18.2 Å². The van der Waals surface area contributed by atoms with Crippen LogP contribution >= 0.6 is 0 Å². The van der Waals surface area contributed by atoms with Gasteiger partial charge in [0, 0.05) is 17.9 Å². The highest BCUT2D eigenvalue weighted by molar-refractivity contribution is 6.06. The summed E-state index contributed by atoms with van der Waals surface area (Å²) in [6.45, 7) is 0.700. The van der Waals surface area contributed by atoms with Crippen LogP contribution in [0.15, 0.2) is 66.9 Å². The molecular weight excluding hydrogens is 326 g/mol. The lowest BCUT2D eigenvalue weighted by atomic mass is 10.2. The van der Waals surface area contributed by atoms with Crippen molar-refractivity contribution in [3.8, 4) is 5.75 Å². The first-order chi connectivity index (χ1) is 12.7. The number of ether oxygens (including phenoxy) is 1. The number of benzene rings is 2. The number of hydrogen-bond donors (Lipinski definition) is 1. The van der Waals surface area contributed by atoms with Gasteiger partial charge < -0.3 is 15.0 Å².